The van der Waals surface area contributed by atoms with Crippen molar-refractivity contribution in [2.45, 2.75) is 13.5 Å². The van der Waals surface area contributed by atoms with Crippen LogP contribution >= 0.6 is 11.3 Å². The molecule has 0 saturated heterocycles. The summed E-state index contributed by atoms with van der Waals surface area (Å²) in [6.07, 6.45) is 1.42. The Morgan fingerprint density at radius 3 is 2.69 bits per heavy atom. The number of para-hydroxylation sites is 2. The van der Waals surface area contributed by atoms with E-state index in [1.165, 1.54) is 29.3 Å². The summed E-state index contributed by atoms with van der Waals surface area (Å²) in [5, 5.41) is 5.25. The van der Waals surface area contributed by atoms with E-state index in [9.17, 15) is 9.59 Å². The smallest absolute Gasteiger partial charge is 0.263 e. The molecule has 2 aromatic heterocycles. The van der Waals surface area contributed by atoms with Gasteiger partial charge >= 0.3 is 0 Å². The van der Waals surface area contributed by atoms with Crippen LogP contribution in [0, 0.1) is 6.92 Å². The van der Waals surface area contributed by atoms with Crippen LogP contribution in [0.15, 0.2) is 65.0 Å². The average molecular weight is 405 g/mol. The summed E-state index contributed by atoms with van der Waals surface area (Å²) < 4.78 is 6.58. The van der Waals surface area contributed by atoms with Crippen molar-refractivity contribution in [3.8, 4) is 16.9 Å². The van der Waals surface area contributed by atoms with E-state index in [0.717, 1.165) is 16.7 Å². The number of thiophene rings is 1. The molecule has 0 unspecified atom stereocenters. The molecule has 0 spiro atoms. The molecule has 0 bridgehead atoms. The second kappa shape index (κ2) is 7.89. The number of nitrogens with zero attached hydrogens (tertiary/aromatic N) is 2. The van der Waals surface area contributed by atoms with Gasteiger partial charge in [0.2, 0.25) is 5.91 Å². The van der Waals surface area contributed by atoms with Crippen LogP contribution in [-0.2, 0) is 11.3 Å². The predicted octanol–water partition coefficient (Wildman–Crippen LogP) is 4.08. The van der Waals surface area contributed by atoms with Gasteiger partial charge in [-0.25, -0.2) is 4.98 Å². The van der Waals surface area contributed by atoms with Crippen LogP contribution in [0.2, 0.25) is 0 Å². The zero-order valence-electron chi connectivity index (χ0n) is 16.0. The highest BCUT2D eigenvalue weighted by atomic mass is 32.1. The number of fused-ring (bicyclic) bond motifs is 1. The van der Waals surface area contributed by atoms with Crippen molar-refractivity contribution >= 4 is 33.1 Å². The Balaban J connectivity index is 1.65. The molecule has 0 atom stereocenters. The van der Waals surface area contributed by atoms with E-state index in [2.05, 4.69) is 10.3 Å². The van der Waals surface area contributed by atoms with Gasteiger partial charge in [-0.05, 0) is 24.6 Å². The lowest BCUT2D eigenvalue weighted by Gasteiger charge is -2.10. The Morgan fingerprint density at radius 2 is 1.93 bits per heavy atom. The van der Waals surface area contributed by atoms with Gasteiger partial charge in [0.25, 0.3) is 5.56 Å². The monoisotopic (exact) mass is 405 g/mol. The number of hydrogen-bond donors (Lipinski definition) is 1. The zero-order valence-corrected chi connectivity index (χ0v) is 16.8. The van der Waals surface area contributed by atoms with Crippen molar-refractivity contribution in [2.75, 3.05) is 12.4 Å². The van der Waals surface area contributed by atoms with E-state index < -0.39 is 0 Å². The highest BCUT2D eigenvalue weighted by molar-refractivity contribution is 7.17. The van der Waals surface area contributed by atoms with Gasteiger partial charge in [0.15, 0.2) is 0 Å². The third kappa shape index (κ3) is 3.77. The van der Waals surface area contributed by atoms with Crippen molar-refractivity contribution in [3.05, 3.63) is 76.2 Å². The van der Waals surface area contributed by atoms with Gasteiger partial charge in [-0.2, -0.15) is 0 Å². The molecule has 2 heterocycles. The number of anilines is 1. The second-order valence-electron chi connectivity index (χ2n) is 6.62. The third-order valence-electron chi connectivity index (χ3n) is 4.62. The van der Waals surface area contributed by atoms with E-state index in [1.54, 1.807) is 18.2 Å². The van der Waals surface area contributed by atoms with Crippen LogP contribution < -0.4 is 15.6 Å². The van der Waals surface area contributed by atoms with E-state index in [1.807, 2.05) is 42.6 Å². The molecule has 146 valence electrons. The number of methoxy groups -OCH3 is 1. The van der Waals surface area contributed by atoms with Crippen LogP contribution in [0.5, 0.6) is 5.75 Å². The first-order valence-corrected chi connectivity index (χ1v) is 9.91. The van der Waals surface area contributed by atoms with Crippen LogP contribution in [0.1, 0.15) is 5.56 Å². The Bertz CT molecular complexity index is 1240. The highest BCUT2D eigenvalue weighted by Gasteiger charge is 2.15. The highest BCUT2D eigenvalue weighted by Crippen LogP contribution is 2.30. The Labute approximate surface area is 171 Å². The van der Waals surface area contributed by atoms with Crippen molar-refractivity contribution in [3.63, 3.8) is 0 Å². The third-order valence-corrected chi connectivity index (χ3v) is 5.50. The van der Waals surface area contributed by atoms with E-state index in [-0.39, 0.29) is 18.0 Å². The number of amides is 1. The van der Waals surface area contributed by atoms with Crippen LogP contribution in [0.25, 0.3) is 21.3 Å². The first-order chi connectivity index (χ1) is 14.1. The van der Waals surface area contributed by atoms with Gasteiger partial charge in [0.05, 0.1) is 24.5 Å². The first kappa shape index (κ1) is 18.9. The van der Waals surface area contributed by atoms with Crippen molar-refractivity contribution in [2.24, 2.45) is 0 Å². The summed E-state index contributed by atoms with van der Waals surface area (Å²) in [7, 11) is 1.54. The predicted molar refractivity (Wildman–Crippen MR) is 116 cm³/mol. The quantitative estimate of drug-likeness (QED) is 0.543. The molecule has 0 saturated carbocycles. The number of hydrogen-bond acceptors (Lipinski definition) is 5. The van der Waals surface area contributed by atoms with E-state index >= 15 is 0 Å². The van der Waals surface area contributed by atoms with Crippen LogP contribution in [0.3, 0.4) is 0 Å². The molecule has 0 aliphatic rings. The minimum Gasteiger partial charge on any atom is -0.495 e. The summed E-state index contributed by atoms with van der Waals surface area (Å²) in [5.74, 6) is 0.228. The molecule has 0 aliphatic heterocycles. The van der Waals surface area contributed by atoms with Gasteiger partial charge in [-0.3, -0.25) is 14.2 Å². The number of aromatic nitrogens is 2. The Kier molecular flexibility index (Phi) is 5.14. The van der Waals surface area contributed by atoms with Gasteiger partial charge in [0.1, 0.15) is 17.1 Å². The topological polar surface area (TPSA) is 73.2 Å². The second-order valence-corrected chi connectivity index (χ2v) is 7.48. The standard InChI is InChI=1S/C22H19N3O3S/c1-14-7-9-15(10-8-14)16-12-29-21-20(16)22(27)25(13-23-21)11-19(26)24-17-5-3-4-6-18(17)28-2/h3-10,12-13H,11H2,1-2H3,(H,24,26). The summed E-state index contributed by atoms with van der Waals surface area (Å²) in [6, 6.07) is 15.1. The SMILES string of the molecule is COc1ccccc1NC(=O)Cn1cnc2scc(-c3ccc(C)cc3)c2c1=O. The first-order valence-electron chi connectivity index (χ1n) is 9.03. The van der Waals surface area contributed by atoms with Crippen LogP contribution in [0.4, 0.5) is 5.69 Å². The van der Waals surface area contributed by atoms with Crippen LogP contribution in [-0.4, -0.2) is 22.6 Å². The number of benzene rings is 2. The maximum Gasteiger partial charge on any atom is 0.263 e. The number of aryl methyl sites for hydroxylation is 1. The minimum absolute atomic E-state index is 0.136. The number of carbonyl (C=O) groups excluding carboxylic acids is 1. The Morgan fingerprint density at radius 1 is 1.17 bits per heavy atom. The summed E-state index contributed by atoms with van der Waals surface area (Å²) in [4.78, 5) is 30.6. The van der Waals surface area contributed by atoms with Gasteiger partial charge in [-0.1, -0.05) is 42.0 Å². The van der Waals surface area contributed by atoms with Gasteiger partial charge < -0.3 is 10.1 Å². The molecule has 0 aliphatic carbocycles. The van der Waals surface area contributed by atoms with Gasteiger partial charge in [-0.15, -0.1) is 11.3 Å². The molecule has 4 aromatic rings. The van der Waals surface area contributed by atoms with Crippen molar-refractivity contribution < 1.29 is 9.53 Å². The zero-order chi connectivity index (χ0) is 20.4. The molecule has 7 heteroatoms. The van der Waals surface area contributed by atoms with E-state index in [4.69, 9.17) is 4.74 Å². The summed E-state index contributed by atoms with van der Waals surface area (Å²) in [5.41, 5.74) is 3.26. The molecular formula is C22H19N3O3S. The summed E-state index contributed by atoms with van der Waals surface area (Å²) in [6.45, 7) is 1.88. The number of rotatable bonds is 5. The molecule has 0 radical (unpaired) electrons. The molecule has 1 amide bonds. The lowest BCUT2D eigenvalue weighted by molar-refractivity contribution is -0.116. The van der Waals surface area contributed by atoms with E-state index in [0.29, 0.717) is 21.7 Å². The Hall–Kier alpha value is -3.45. The average Bonchev–Trinajstić information content (AvgIpc) is 3.16. The molecule has 1 N–H and O–H groups in total. The fourth-order valence-electron chi connectivity index (χ4n) is 3.12. The maximum absolute atomic E-state index is 13.1. The number of ether oxygens (including phenoxy) is 1. The molecule has 29 heavy (non-hydrogen) atoms. The van der Waals surface area contributed by atoms with Crippen molar-refractivity contribution in [1.82, 2.24) is 9.55 Å². The fraction of sp³-hybridized carbons (Fsp3) is 0.136. The normalized spacial score (nSPS) is 10.8. The molecule has 0 fully saturated rings. The lowest BCUT2D eigenvalue weighted by atomic mass is 10.1. The largest absolute Gasteiger partial charge is 0.495 e. The van der Waals surface area contributed by atoms with Crippen molar-refractivity contribution in [1.29, 1.82) is 0 Å². The number of nitrogens with one attached hydrogen (secondary N) is 1. The minimum atomic E-state index is -0.329. The lowest BCUT2D eigenvalue weighted by Crippen LogP contribution is -2.27. The van der Waals surface area contributed by atoms with Gasteiger partial charge in [0, 0.05) is 10.9 Å². The molecule has 2 aromatic carbocycles. The molecule has 6 nitrogen and oxygen atoms in total. The molecule has 4 rings (SSSR count). The maximum atomic E-state index is 13.1. The molecular weight excluding hydrogens is 386 g/mol. The summed E-state index contributed by atoms with van der Waals surface area (Å²) >= 11 is 1.42. The fourth-order valence-corrected chi connectivity index (χ4v) is 4.02. The number of carbonyl (C=O) groups is 1.